The van der Waals surface area contributed by atoms with Gasteiger partial charge in [-0.3, -0.25) is 10.1 Å². The smallest absolute Gasteiger partial charge is 0.272 e. The van der Waals surface area contributed by atoms with E-state index in [0.29, 0.717) is 5.25 Å². The lowest BCUT2D eigenvalue weighted by Gasteiger charge is -2.10. The van der Waals surface area contributed by atoms with Crippen LogP contribution in [0.25, 0.3) is 0 Å². The average molecular weight is 252 g/mol. The highest BCUT2D eigenvalue weighted by Crippen LogP contribution is 2.37. The summed E-state index contributed by atoms with van der Waals surface area (Å²) in [4.78, 5) is 11.5. The van der Waals surface area contributed by atoms with E-state index in [9.17, 15) is 10.1 Å². The van der Waals surface area contributed by atoms with E-state index in [1.54, 1.807) is 30.9 Å². The second-order valence-corrected chi connectivity index (χ2v) is 5.62. The predicted molar refractivity (Wildman–Crippen MR) is 70.8 cm³/mol. The van der Waals surface area contributed by atoms with Gasteiger partial charge >= 0.3 is 0 Å². The van der Waals surface area contributed by atoms with Gasteiger partial charge in [-0.05, 0) is 18.9 Å². The van der Waals surface area contributed by atoms with E-state index in [1.165, 1.54) is 25.7 Å². The van der Waals surface area contributed by atoms with Crippen LogP contribution in [0.5, 0.6) is 0 Å². The molecule has 0 atom stereocenters. The summed E-state index contributed by atoms with van der Waals surface area (Å²) in [6.07, 6.45) is 5.02. The number of anilines is 1. The molecular weight excluding hydrogens is 236 g/mol. The molecule has 0 heterocycles. The number of nitrogens with one attached hydrogen (secondary N) is 1. The summed E-state index contributed by atoms with van der Waals surface area (Å²) >= 11 is 1.77. The van der Waals surface area contributed by atoms with Crippen LogP contribution in [-0.4, -0.2) is 17.2 Å². The normalized spacial score (nSPS) is 16.1. The number of nitro groups is 1. The molecule has 1 aliphatic rings. The van der Waals surface area contributed by atoms with Gasteiger partial charge in [0.05, 0.1) is 4.92 Å². The van der Waals surface area contributed by atoms with Gasteiger partial charge in [-0.15, -0.1) is 11.8 Å². The molecule has 1 aromatic rings. The molecule has 92 valence electrons. The molecule has 5 heteroatoms. The van der Waals surface area contributed by atoms with Gasteiger partial charge in [-0.25, -0.2) is 0 Å². The van der Waals surface area contributed by atoms with Gasteiger partial charge in [0.15, 0.2) is 0 Å². The predicted octanol–water partition coefficient (Wildman–Crippen LogP) is 3.67. The van der Waals surface area contributed by atoms with E-state index in [1.807, 2.05) is 6.07 Å². The molecule has 0 bridgehead atoms. The molecule has 4 nitrogen and oxygen atoms in total. The third kappa shape index (κ3) is 3.12. The summed E-state index contributed by atoms with van der Waals surface area (Å²) in [5.74, 6) is 0. The monoisotopic (exact) mass is 252 g/mol. The van der Waals surface area contributed by atoms with Crippen LogP contribution in [0.4, 0.5) is 11.4 Å². The number of nitro benzene ring substituents is 1. The molecule has 0 aromatic heterocycles. The van der Waals surface area contributed by atoms with E-state index in [0.717, 1.165) is 10.6 Å². The van der Waals surface area contributed by atoms with Crippen LogP contribution in [0.3, 0.4) is 0 Å². The summed E-state index contributed by atoms with van der Waals surface area (Å²) in [6.45, 7) is 0. The number of hydrogen-bond acceptors (Lipinski definition) is 4. The second-order valence-electron chi connectivity index (χ2n) is 4.25. The van der Waals surface area contributed by atoms with Crippen molar-refractivity contribution in [1.82, 2.24) is 0 Å². The van der Waals surface area contributed by atoms with Crippen LogP contribution in [0.2, 0.25) is 0 Å². The first-order valence-electron chi connectivity index (χ1n) is 5.83. The number of hydrogen-bond donors (Lipinski definition) is 1. The fourth-order valence-electron chi connectivity index (χ4n) is 2.10. The first-order chi connectivity index (χ1) is 8.19. The molecule has 0 unspecified atom stereocenters. The van der Waals surface area contributed by atoms with E-state index in [2.05, 4.69) is 5.32 Å². The minimum Gasteiger partial charge on any atom is -0.388 e. The van der Waals surface area contributed by atoms with Gasteiger partial charge < -0.3 is 5.32 Å². The zero-order valence-corrected chi connectivity index (χ0v) is 10.6. The van der Waals surface area contributed by atoms with Crippen LogP contribution in [0.1, 0.15) is 25.7 Å². The van der Waals surface area contributed by atoms with Crippen LogP contribution < -0.4 is 5.32 Å². The van der Waals surface area contributed by atoms with Gasteiger partial charge in [0.25, 0.3) is 5.69 Å². The minimum atomic E-state index is -0.334. The Kier molecular flexibility index (Phi) is 3.89. The molecule has 0 saturated heterocycles. The Morgan fingerprint density at radius 1 is 1.35 bits per heavy atom. The molecule has 1 saturated carbocycles. The number of nitrogens with zero attached hydrogens (tertiary/aromatic N) is 1. The lowest BCUT2D eigenvalue weighted by molar-refractivity contribution is -0.385. The van der Waals surface area contributed by atoms with Gasteiger partial charge in [-0.1, -0.05) is 12.8 Å². The first kappa shape index (κ1) is 12.2. The van der Waals surface area contributed by atoms with Crippen molar-refractivity contribution in [2.75, 3.05) is 12.4 Å². The quantitative estimate of drug-likeness (QED) is 0.656. The minimum absolute atomic E-state index is 0.164. The lowest BCUT2D eigenvalue weighted by atomic mass is 10.3. The SMILES string of the molecule is CNc1cc(SC2CCCC2)cc([N+](=O)[O-])c1. The zero-order valence-electron chi connectivity index (χ0n) is 9.81. The first-order valence-corrected chi connectivity index (χ1v) is 6.71. The van der Waals surface area contributed by atoms with E-state index in [4.69, 9.17) is 0 Å². The molecule has 1 aliphatic carbocycles. The summed E-state index contributed by atoms with van der Waals surface area (Å²) in [7, 11) is 1.78. The molecule has 0 radical (unpaired) electrons. The number of thioether (sulfide) groups is 1. The summed E-state index contributed by atoms with van der Waals surface area (Å²) in [5, 5.41) is 14.4. The van der Waals surface area contributed by atoms with Crippen molar-refractivity contribution < 1.29 is 4.92 Å². The average Bonchev–Trinajstić information content (AvgIpc) is 2.81. The van der Waals surface area contributed by atoms with Gasteiger partial charge in [-0.2, -0.15) is 0 Å². The van der Waals surface area contributed by atoms with Crippen LogP contribution in [-0.2, 0) is 0 Å². The van der Waals surface area contributed by atoms with Crippen molar-refractivity contribution in [1.29, 1.82) is 0 Å². The van der Waals surface area contributed by atoms with Crippen LogP contribution >= 0.6 is 11.8 Å². The number of non-ortho nitro benzene ring substituents is 1. The fraction of sp³-hybridized carbons (Fsp3) is 0.500. The summed E-state index contributed by atoms with van der Waals surface area (Å²) in [5.41, 5.74) is 0.969. The third-order valence-corrected chi connectivity index (χ3v) is 4.31. The molecule has 0 amide bonds. The Morgan fingerprint density at radius 3 is 2.65 bits per heavy atom. The fourth-order valence-corrected chi connectivity index (χ4v) is 3.44. The Labute approximate surface area is 105 Å². The molecule has 2 rings (SSSR count). The molecular formula is C12H16N2O2S. The Hall–Kier alpha value is -1.23. The van der Waals surface area contributed by atoms with Crippen molar-refractivity contribution in [3.63, 3.8) is 0 Å². The van der Waals surface area contributed by atoms with E-state index in [-0.39, 0.29) is 10.6 Å². The highest BCUT2D eigenvalue weighted by molar-refractivity contribution is 8.00. The van der Waals surface area contributed by atoms with Crippen molar-refractivity contribution in [3.8, 4) is 0 Å². The van der Waals surface area contributed by atoms with Gasteiger partial charge in [0.1, 0.15) is 0 Å². The maximum atomic E-state index is 10.8. The molecule has 1 N–H and O–H groups in total. The van der Waals surface area contributed by atoms with Crippen molar-refractivity contribution >= 4 is 23.1 Å². The molecule has 1 fully saturated rings. The lowest BCUT2D eigenvalue weighted by Crippen LogP contribution is -1.96. The summed E-state index contributed by atoms with van der Waals surface area (Å²) < 4.78 is 0. The van der Waals surface area contributed by atoms with Crippen LogP contribution in [0.15, 0.2) is 23.1 Å². The molecule has 0 spiro atoms. The maximum Gasteiger partial charge on any atom is 0.272 e. The summed E-state index contributed by atoms with van der Waals surface area (Å²) in [6, 6.07) is 5.22. The topological polar surface area (TPSA) is 55.2 Å². The Bertz CT molecular complexity index is 417. The number of benzene rings is 1. The van der Waals surface area contributed by atoms with E-state index < -0.39 is 0 Å². The highest BCUT2D eigenvalue weighted by atomic mass is 32.2. The second kappa shape index (κ2) is 5.40. The van der Waals surface area contributed by atoms with Gasteiger partial charge in [0, 0.05) is 35.0 Å². The molecule has 17 heavy (non-hydrogen) atoms. The zero-order chi connectivity index (χ0) is 12.3. The largest absolute Gasteiger partial charge is 0.388 e. The Balaban J connectivity index is 2.19. The van der Waals surface area contributed by atoms with Gasteiger partial charge in [0.2, 0.25) is 0 Å². The van der Waals surface area contributed by atoms with Crippen molar-refractivity contribution in [3.05, 3.63) is 28.3 Å². The van der Waals surface area contributed by atoms with Crippen molar-refractivity contribution in [2.45, 2.75) is 35.8 Å². The number of rotatable bonds is 4. The van der Waals surface area contributed by atoms with E-state index >= 15 is 0 Å². The highest BCUT2D eigenvalue weighted by Gasteiger charge is 2.18. The molecule has 1 aromatic carbocycles. The van der Waals surface area contributed by atoms with Crippen molar-refractivity contribution in [2.24, 2.45) is 0 Å². The van der Waals surface area contributed by atoms with Crippen LogP contribution in [0, 0.1) is 10.1 Å². The third-order valence-electron chi connectivity index (χ3n) is 3.00. The Morgan fingerprint density at radius 2 is 2.06 bits per heavy atom. The molecule has 0 aliphatic heterocycles. The standard InChI is InChI=1S/C12H16N2O2S/c1-13-9-6-10(14(15)16)8-12(7-9)17-11-4-2-3-5-11/h6-8,11,13H,2-5H2,1H3. The maximum absolute atomic E-state index is 10.8.